The third-order valence-corrected chi connectivity index (χ3v) is 2.66. The van der Waals surface area contributed by atoms with Gasteiger partial charge in [0.1, 0.15) is 12.1 Å². The van der Waals surface area contributed by atoms with Crippen LogP contribution in [0.5, 0.6) is 0 Å². The lowest BCUT2D eigenvalue weighted by Crippen LogP contribution is -2.13. The molecule has 3 nitrogen and oxygen atoms in total. The van der Waals surface area contributed by atoms with Crippen molar-refractivity contribution in [1.29, 1.82) is 0 Å². The zero-order chi connectivity index (χ0) is 12.1. The van der Waals surface area contributed by atoms with Gasteiger partial charge in [0.2, 0.25) is 0 Å². The Hall–Kier alpha value is -1.33. The second kappa shape index (κ2) is 5.84. The van der Waals surface area contributed by atoms with Gasteiger partial charge in [0.05, 0.1) is 5.69 Å². The minimum atomic E-state index is -0.238. The maximum atomic E-state index is 13.1. The standard InChI is InChI=1S/C12H11BrFN3/c13-10-3-9(4-11(14)5-10)6-16-7-12-1-2-15-8-17-12/h1-5,8,16H,6-7H2. The zero-order valence-electron chi connectivity index (χ0n) is 9.03. The van der Waals surface area contributed by atoms with Gasteiger partial charge in [-0.1, -0.05) is 15.9 Å². The van der Waals surface area contributed by atoms with Crippen LogP contribution in [0, 0.1) is 5.82 Å². The van der Waals surface area contributed by atoms with Gasteiger partial charge in [-0.2, -0.15) is 0 Å². The predicted octanol–water partition coefficient (Wildman–Crippen LogP) is 2.67. The van der Waals surface area contributed by atoms with E-state index in [-0.39, 0.29) is 5.82 Å². The first-order valence-corrected chi connectivity index (χ1v) is 5.94. The molecule has 0 fully saturated rings. The van der Waals surface area contributed by atoms with Crippen molar-refractivity contribution >= 4 is 15.9 Å². The highest BCUT2D eigenvalue weighted by molar-refractivity contribution is 9.10. The fourth-order valence-electron chi connectivity index (χ4n) is 1.47. The van der Waals surface area contributed by atoms with Crippen molar-refractivity contribution < 1.29 is 4.39 Å². The lowest BCUT2D eigenvalue weighted by molar-refractivity contribution is 0.618. The van der Waals surface area contributed by atoms with E-state index in [0.29, 0.717) is 13.1 Å². The Labute approximate surface area is 107 Å². The second-order valence-electron chi connectivity index (χ2n) is 3.58. The lowest BCUT2D eigenvalue weighted by Gasteiger charge is -2.05. The highest BCUT2D eigenvalue weighted by Crippen LogP contribution is 2.14. The number of nitrogens with one attached hydrogen (secondary N) is 1. The second-order valence-corrected chi connectivity index (χ2v) is 4.50. The number of benzene rings is 1. The van der Waals surface area contributed by atoms with E-state index in [1.165, 1.54) is 18.5 Å². The van der Waals surface area contributed by atoms with Crippen molar-refractivity contribution in [3.63, 3.8) is 0 Å². The summed E-state index contributed by atoms with van der Waals surface area (Å²) in [6, 6.07) is 6.68. The van der Waals surface area contributed by atoms with Crippen LogP contribution < -0.4 is 5.32 Å². The molecule has 2 aromatic rings. The summed E-state index contributed by atoms with van der Waals surface area (Å²) >= 11 is 3.26. The van der Waals surface area contributed by atoms with E-state index in [9.17, 15) is 4.39 Å². The third kappa shape index (κ3) is 3.87. The summed E-state index contributed by atoms with van der Waals surface area (Å²) in [7, 11) is 0. The Morgan fingerprint density at radius 1 is 1.24 bits per heavy atom. The monoisotopic (exact) mass is 295 g/mol. The van der Waals surface area contributed by atoms with Gasteiger partial charge in [-0.05, 0) is 29.8 Å². The Morgan fingerprint density at radius 3 is 2.82 bits per heavy atom. The van der Waals surface area contributed by atoms with Crippen LogP contribution in [0.15, 0.2) is 41.3 Å². The number of halogens is 2. The van der Waals surface area contributed by atoms with E-state index in [1.54, 1.807) is 6.20 Å². The van der Waals surface area contributed by atoms with Crippen molar-refractivity contribution in [2.75, 3.05) is 0 Å². The van der Waals surface area contributed by atoms with E-state index >= 15 is 0 Å². The molecule has 5 heteroatoms. The molecule has 0 amide bonds. The van der Waals surface area contributed by atoms with E-state index in [1.807, 2.05) is 12.1 Å². The van der Waals surface area contributed by atoms with Gasteiger partial charge in [0, 0.05) is 23.8 Å². The van der Waals surface area contributed by atoms with Crippen LogP contribution in [0.1, 0.15) is 11.3 Å². The molecule has 0 aliphatic heterocycles. The fourth-order valence-corrected chi connectivity index (χ4v) is 1.98. The minimum Gasteiger partial charge on any atom is -0.307 e. The normalized spacial score (nSPS) is 10.5. The van der Waals surface area contributed by atoms with E-state index in [2.05, 4.69) is 31.2 Å². The van der Waals surface area contributed by atoms with Crippen LogP contribution in [0.4, 0.5) is 4.39 Å². The molecule has 0 aliphatic carbocycles. The van der Waals surface area contributed by atoms with Crippen LogP contribution >= 0.6 is 15.9 Å². The quantitative estimate of drug-likeness (QED) is 0.942. The summed E-state index contributed by atoms with van der Waals surface area (Å²) in [6.07, 6.45) is 3.21. The first-order valence-electron chi connectivity index (χ1n) is 5.14. The van der Waals surface area contributed by atoms with Crippen LogP contribution in [0.2, 0.25) is 0 Å². The summed E-state index contributed by atoms with van der Waals surface area (Å²) in [4.78, 5) is 7.93. The summed E-state index contributed by atoms with van der Waals surface area (Å²) in [6.45, 7) is 1.23. The van der Waals surface area contributed by atoms with Crippen LogP contribution in [0.3, 0.4) is 0 Å². The summed E-state index contributed by atoms with van der Waals surface area (Å²) in [5, 5.41) is 3.19. The minimum absolute atomic E-state index is 0.238. The Bertz CT molecular complexity index is 470. The first-order chi connectivity index (χ1) is 8.24. The van der Waals surface area contributed by atoms with Crippen LogP contribution in [-0.4, -0.2) is 9.97 Å². The number of hydrogen-bond donors (Lipinski definition) is 1. The molecule has 0 radical (unpaired) electrons. The van der Waals surface area contributed by atoms with Gasteiger partial charge in [-0.3, -0.25) is 0 Å². The highest BCUT2D eigenvalue weighted by Gasteiger charge is 1.99. The molecule has 1 aromatic heterocycles. The summed E-state index contributed by atoms with van der Waals surface area (Å²) in [5.74, 6) is -0.238. The Morgan fingerprint density at radius 2 is 2.12 bits per heavy atom. The molecule has 2 rings (SSSR count). The van der Waals surface area contributed by atoms with Gasteiger partial charge in [-0.25, -0.2) is 14.4 Å². The average Bonchev–Trinajstić information content (AvgIpc) is 2.29. The third-order valence-electron chi connectivity index (χ3n) is 2.20. The molecule has 1 N–H and O–H groups in total. The summed E-state index contributed by atoms with van der Waals surface area (Å²) < 4.78 is 13.8. The topological polar surface area (TPSA) is 37.8 Å². The van der Waals surface area contributed by atoms with Gasteiger partial charge < -0.3 is 5.32 Å². The van der Waals surface area contributed by atoms with E-state index in [0.717, 1.165) is 15.7 Å². The molecule has 0 spiro atoms. The predicted molar refractivity (Wildman–Crippen MR) is 66.7 cm³/mol. The molecule has 0 aliphatic rings. The molecule has 0 saturated carbocycles. The Kier molecular flexibility index (Phi) is 4.17. The van der Waals surface area contributed by atoms with Gasteiger partial charge >= 0.3 is 0 Å². The smallest absolute Gasteiger partial charge is 0.124 e. The first kappa shape index (κ1) is 12.1. The molecule has 0 bridgehead atoms. The number of nitrogens with zero attached hydrogens (tertiary/aromatic N) is 2. The highest BCUT2D eigenvalue weighted by atomic mass is 79.9. The van der Waals surface area contributed by atoms with Crippen molar-refractivity contribution in [3.8, 4) is 0 Å². The van der Waals surface area contributed by atoms with Gasteiger partial charge in [0.25, 0.3) is 0 Å². The van der Waals surface area contributed by atoms with Crippen molar-refractivity contribution in [1.82, 2.24) is 15.3 Å². The SMILES string of the molecule is Fc1cc(Br)cc(CNCc2ccncn2)c1. The van der Waals surface area contributed by atoms with Crippen LogP contribution in [0.25, 0.3) is 0 Å². The van der Waals surface area contributed by atoms with Crippen molar-refractivity contribution in [3.05, 3.63) is 58.3 Å². The molecule has 0 atom stereocenters. The van der Waals surface area contributed by atoms with Crippen LogP contribution in [-0.2, 0) is 13.1 Å². The van der Waals surface area contributed by atoms with E-state index in [4.69, 9.17) is 0 Å². The van der Waals surface area contributed by atoms with Gasteiger partial charge in [0.15, 0.2) is 0 Å². The fraction of sp³-hybridized carbons (Fsp3) is 0.167. The maximum Gasteiger partial charge on any atom is 0.124 e. The molecular weight excluding hydrogens is 285 g/mol. The van der Waals surface area contributed by atoms with Gasteiger partial charge in [-0.15, -0.1) is 0 Å². The number of hydrogen-bond acceptors (Lipinski definition) is 3. The molecule has 0 saturated heterocycles. The molecule has 1 heterocycles. The summed E-state index contributed by atoms with van der Waals surface area (Å²) in [5.41, 5.74) is 1.81. The average molecular weight is 296 g/mol. The largest absolute Gasteiger partial charge is 0.307 e. The number of aromatic nitrogens is 2. The zero-order valence-corrected chi connectivity index (χ0v) is 10.6. The molecule has 1 aromatic carbocycles. The molecule has 88 valence electrons. The number of rotatable bonds is 4. The molecular formula is C12H11BrFN3. The lowest BCUT2D eigenvalue weighted by atomic mass is 10.2. The Balaban J connectivity index is 1.90. The van der Waals surface area contributed by atoms with Crippen molar-refractivity contribution in [2.45, 2.75) is 13.1 Å². The molecule has 17 heavy (non-hydrogen) atoms. The molecule has 0 unspecified atom stereocenters. The van der Waals surface area contributed by atoms with Crippen molar-refractivity contribution in [2.24, 2.45) is 0 Å². The van der Waals surface area contributed by atoms with E-state index < -0.39 is 0 Å². The maximum absolute atomic E-state index is 13.1.